The normalized spacial score (nSPS) is 12.6. The van der Waals surface area contributed by atoms with Crippen LogP contribution < -0.4 is 5.32 Å². The minimum absolute atomic E-state index is 0.435. The lowest BCUT2D eigenvalue weighted by Crippen LogP contribution is -2.36. The smallest absolute Gasteiger partial charge is 0.0435 e. The summed E-state index contributed by atoms with van der Waals surface area (Å²) in [4.78, 5) is 2.35. The van der Waals surface area contributed by atoms with Gasteiger partial charge in [-0.1, -0.05) is 54.1 Å². The summed E-state index contributed by atoms with van der Waals surface area (Å²) in [6, 6.07) is 17.2. The van der Waals surface area contributed by atoms with E-state index in [2.05, 4.69) is 66.7 Å². The first-order valence-electron chi connectivity index (χ1n) is 7.75. The third-order valence-electron chi connectivity index (χ3n) is 3.76. The van der Waals surface area contributed by atoms with Crippen LogP contribution in [0.15, 0.2) is 48.5 Å². The maximum atomic E-state index is 6.06. The Morgan fingerprint density at radius 2 is 1.82 bits per heavy atom. The van der Waals surface area contributed by atoms with Crippen LogP contribution in [0, 0.1) is 6.92 Å². The Kier molecular flexibility index (Phi) is 6.44. The first-order valence-corrected chi connectivity index (χ1v) is 8.13. The fourth-order valence-corrected chi connectivity index (χ4v) is 2.72. The standard InChI is InChI=1S/C19H25ClN2/c1-15-11-18(9-10-19(15)20)12-21-16(2)13-22(3)14-17-7-5-4-6-8-17/h4-11,16,21H,12-14H2,1-3H3. The zero-order valence-corrected chi connectivity index (χ0v) is 14.4. The predicted molar refractivity (Wildman–Crippen MR) is 95.3 cm³/mol. The molecule has 0 aliphatic carbocycles. The van der Waals surface area contributed by atoms with Gasteiger partial charge in [-0.05, 0) is 43.7 Å². The van der Waals surface area contributed by atoms with Crippen LogP contribution in [0.4, 0.5) is 0 Å². The van der Waals surface area contributed by atoms with Crippen molar-refractivity contribution in [3.8, 4) is 0 Å². The molecule has 22 heavy (non-hydrogen) atoms. The van der Waals surface area contributed by atoms with Crippen LogP contribution >= 0.6 is 11.6 Å². The van der Waals surface area contributed by atoms with Gasteiger partial charge in [0, 0.05) is 30.7 Å². The largest absolute Gasteiger partial charge is 0.309 e. The van der Waals surface area contributed by atoms with Crippen molar-refractivity contribution in [1.29, 1.82) is 0 Å². The summed E-state index contributed by atoms with van der Waals surface area (Å²) in [6.45, 7) is 7.14. The average molecular weight is 317 g/mol. The summed E-state index contributed by atoms with van der Waals surface area (Å²) in [5.74, 6) is 0. The van der Waals surface area contributed by atoms with E-state index in [1.54, 1.807) is 0 Å². The van der Waals surface area contributed by atoms with Crippen LogP contribution in [-0.2, 0) is 13.1 Å². The zero-order chi connectivity index (χ0) is 15.9. The predicted octanol–water partition coefficient (Wildman–Crippen LogP) is 4.26. The van der Waals surface area contributed by atoms with Crippen LogP contribution in [0.25, 0.3) is 0 Å². The second-order valence-electron chi connectivity index (χ2n) is 6.05. The molecule has 1 N–H and O–H groups in total. The summed E-state index contributed by atoms with van der Waals surface area (Å²) in [5.41, 5.74) is 3.76. The summed E-state index contributed by atoms with van der Waals surface area (Å²) in [5, 5.41) is 4.41. The first-order chi connectivity index (χ1) is 10.5. The number of likely N-dealkylation sites (N-methyl/N-ethyl adjacent to an activating group) is 1. The van der Waals surface area contributed by atoms with Gasteiger partial charge in [0.05, 0.1) is 0 Å². The third-order valence-corrected chi connectivity index (χ3v) is 4.18. The molecule has 0 heterocycles. The number of hydrogen-bond acceptors (Lipinski definition) is 2. The molecule has 2 aromatic rings. The first kappa shape index (κ1) is 17.0. The third kappa shape index (κ3) is 5.45. The Labute approximate surface area is 139 Å². The van der Waals surface area contributed by atoms with Gasteiger partial charge in [0.25, 0.3) is 0 Å². The topological polar surface area (TPSA) is 15.3 Å². The molecule has 3 heteroatoms. The maximum absolute atomic E-state index is 6.06. The summed E-state index contributed by atoms with van der Waals surface area (Å²) >= 11 is 6.06. The molecule has 2 rings (SSSR count). The number of benzene rings is 2. The molecule has 1 unspecified atom stereocenters. The molecule has 118 valence electrons. The maximum Gasteiger partial charge on any atom is 0.0435 e. The molecule has 0 saturated heterocycles. The molecule has 0 radical (unpaired) electrons. The molecule has 1 atom stereocenters. The molecular weight excluding hydrogens is 292 g/mol. The van der Waals surface area contributed by atoms with Crippen LogP contribution in [0.2, 0.25) is 5.02 Å². The second kappa shape index (κ2) is 8.33. The van der Waals surface area contributed by atoms with Crippen molar-refractivity contribution in [2.24, 2.45) is 0 Å². The molecule has 2 nitrogen and oxygen atoms in total. The van der Waals surface area contributed by atoms with Gasteiger partial charge in [0.15, 0.2) is 0 Å². The lowest BCUT2D eigenvalue weighted by molar-refractivity contribution is 0.289. The van der Waals surface area contributed by atoms with E-state index in [4.69, 9.17) is 11.6 Å². The van der Waals surface area contributed by atoms with Gasteiger partial charge in [-0.3, -0.25) is 0 Å². The fraction of sp³-hybridized carbons (Fsp3) is 0.368. The van der Waals surface area contributed by atoms with Crippen LogP contribution in [0.5, 0.6) is 0 Å². The van der Waals surface area contributed by atoms with Crippen LogP contribution in [-0.4, -0.2) is 24.5 Å². The summed E-state index contributed by atoms with van der Waals surface area (Å²) in [7, 11) is 2.16. The van der Waals surface area contributed by atoms with Gasteiger partial charge in [0.2, 0.25) is 0 Å². The molecule has 0 aromatic heterocycles. The van der Waals surface area contributed by atoms with E-state index in [-0.39, 0.29) is 0 Å². The molecule has 2 aromatic carbocycles. The Morgan fingerprint density at radius 1 is 1.09 bits per heavy atom. The number of hydrogen-bond donors (Lipinski definition) is 1. The van der Waals surface area contributed by atoms with E-state index in [9.17, 15) is 0 Å². The average Bonchev–Trinajstić information content (AvgIpc) is 2.49. The van der Waals surface area contributed by atoms with Gasteiger partial charge in [-0.15, -0.1) is 0 Å². The molecule has 0 spiro atoms. The van der Waals surface area contributed by atoms with E-state index in [1.165, 1.54) is 11.1 Å². The highest BCUT2D eigenvalue weighted by atomic mass is 35.5. The van der Waals surface area contributed by atoms with Gasteiger partial charge < -0.3 is 10.2 Å². The number of nitrogens with one attached hydrogen (secondary N) is 1. The Balaban J connectivity index is 1.77. The molecule has 0 aliphatic rings. The molecule has 0 amide bonds. The Bertz CT molecular complexity index is 583. The van der Waals surface area contributed by atoms with E-state index < -0.39 is 0 Å². The summed E-state index contributed by atoms with van der Waals surface area (Å²) in [6.07, 6.45) is 0. The monoisotopic (exact) mass is 316 g/mol. The van der Waals surface area contributed by atoms with Crippen molar-refractivity contribution in [1.82, 2.24) is 10.2 Å². The van der Waals surface area contributed by atoms with Crippen molar-refractivity contribution in [2.45, 2.75) is 33.0 Å². The number of nitrogens with zero attached hydrogens (tertiary/aromatic N) is 1. The lowest BCUT2D eigenvalue weighted by atomic mass is 10.1. The van der Waals surface area contributed by atoms with E-state index in [1.807, 2.05) is 13.0 Å². The van der Waals surface area contributed by atoms with Crippen molar-refractivity contribution in [3.05, 3.63) is 70.2 Å². The minimum Gasteiger partial charge on any atom is -0.309 e. The van der Waals surface area contributed by atoms with Crippen LogP contribution in [0.1, 0.15) is 23.6 Å². The number of aryl methyl sites for hydroxylation is 1. The van der Waals surface area contributed by atoms with Crippen molar-refractivity contribution >= 4 is 11.6 Å². The fourth-order valence-electron chi connectivity index (χ4n) is 2.60. The van der Waals surface area contributed by atoms with Gasteiger partial charge in [-0.2, -0.15) is 0 Å². The number of halogens is 1. The molecule has 0 fully saturated rings. The van der Waals surface area contributed by atoms with Gasteiger partial charge in [0.1, 0.15) is 0 Å². The quantitative estimate of drug-likeness (QED) is 0.821. The minimum atomic E-state index is 0.435. The zero-order valence-electron chi connectivity index (χ0n) is 13.6. The highest BCUT2D eigenvalue weighted by molar-refractivity contribution is 6.31. The lowest BCUT2D eigenvalue weighted by Gasteiger charge is -2.22. The SMILES string of the molecule is Cc1cc(CNC(C)CN(C)Cc2ccccc2)ccc1Cl. The van der Waals surface area contributed by atoms with Crippen molar-refractivity contribution in [3.63, 3.8) is 0 Å². The van der Waals surface area contributed by atoms with E-state index in [0.29, 0.717) is 6.04 Å². The molecular formula is C19H25ClN2. The van der Waals surface area contributed by atoms with Gasteiger partial charge in [-0.25, -0.2) is 0 Å². The van der Waals surface area contributed by atoms with E-state index in [0.717, 1.165) is 30.2 Å². The molecule has 0 aliphatic heterocycles. The van der Waals surface area contributed by atoms with Crippen molar-refractivity contribution < 1.29 is 0 Å². The van der Waals surface area contributed by atoms with E-state index >= 15 is 0 Å². The molecule has 0 bridgehead atoms. The van der Waals surface area contributed by atoms with Gasteiger partial charge >= 0.3 is 0 Å². The highest BCUT2D eigenvalue weighted by Gasteiger charge is 2.07. The second-order valence-corrected chi connectivity index (χ2v) is 6.46. The van der Waals surface area contributed by atoms with Crippen LogP contribution in [0.3, 0.4) is 0 Å². The Hall–Kier alpha value is -1.35. The number of rotatable bonds is 7. The Morgan fingerprint density at radius 3 is 2.50 bits per heavy atom. The highest BCUT2D eigenvalue weighted by Crippen LogP contribution is 2.16. The summed E-state index contributed by atoms with van der Waals surface area (Å²) < 4.78 is 0. The van der Waals surface area contributed by atoms with Crippen molar-refractivity contribution in [2.75, 3.05) is 13.6 Å². The molecule has 0 saturated carbocycles.